The second-order valence-corrected chi connectivity index (χ2v) is 7.42. The first-order valence-electron chi connectivity index (χ1n) is 8.32. The van der Waals surface area contributed by atoms with E-state index in [2.05, 4.69) is 15.8 Å². The number of halogens is 1. The standard InChI is InChI=1S/C18H17ClN4O3S/c1-2-23-17(26)11-5-3-4-6-12(11)20-18(23)22-21-16(25)10-7-13(24)14-8-9-15(19)27-14/h3-6,8-9H,2,7,10H2,1H3,(H,20,22)(H,21,25). The van der Waals surface area contributed by atoms with Crippen LogP contribution in [-0.4, -0.2) is 21.2 Å². The molecular weight excluding hydrogens is 388 g/mol. The predicted octanol–water partition coefficient (Wildman–Crippen LogP) is 3.24. The maximum atomic E-state index is 12.5. The van der Waals surface area contributed by atoms with Gasteiger partial charge in [0.05, 0.1) is 20.1 Å². The van der Waals surface area contributed by atoms with Gasteiger partial charge in [-0.15, -0.1) is 11.3 Å². The minimum Gasteiger partial charge on any atom is -0.293 e. The van der Waals surface area contributed by atoms with Gasteiger partial charge in [0.25, 0.3) is 5.56 Å². The molecule has 0 spiro atoms. The van der Waals surface area contributed by atoms with Gasteiger partial charge >= 0.3 is 0 Å². The summed E-state index contributed by atoms with van der Waals surface area (Å²) in [7, 11) is 0. The molecule has 3 aromatic rings. The van der Waals surface area contributed by atoms with E-state index in [1.54, 1.807) is 36.4 Å². The fraction of sp³-hybridized carbons (Fsp3) is 0.222. The van der Waals surface area contributed by atoms with Crippen LogP contribution in [0.3, 0.4) is 0 Å². The number of thiophene rings is 1. The van der Waals surface area contributed by atoms with Gasteiger partial charge in [-0.2, -0.15) is 0 Å². The van der Waals surface area contributed by atoms with E-state index in [0.29, 0.717) is 26.7 Å². The molecule has 2 N–H and O–H groups in total. The van der Waals surface area contributed by atoms with Crippen LogP contribution in [0, 0.1) is 0 Å². The number of hydrogen-bond donors (Lipinski definition) is 2. The molecular formula is C18H17ClN4O3S. The average molecular weight is 405 g/mol. The van der Waals surface area contributed by atoms with Gasteiger partial charge in [0.2, 0.25) is 11.9 Å². The van der Waals surface area contributed by atoms with Crippen molar-refractivity contribution in [2.24, 2.45) is 0 Å². The number of fused-ring (bicyclic) bond motifs is 1. The van der Waals surface area contributed by atoms with Gasteiger partial charge in [0.15, 0.2) is 5.78 Å². The van der Waals surface area contributed by atoms with Gasteiger partial charge in [-0.3, -0.25) is 29.8 Å². The Morgan fingerprint density at radius 1 is 1.19 bits per heavy atom. The van der Waals surface area contributed by atoms with Gasteiger partial charge < -0.3 is 0 Å². The number of Topliss-reactive ketones (excluding diaryl/α,β-unsaturated/α-hetero) is 1. The van der Waals surface area contributed by atoms with Crippen LogP contribution in [0.5, 0.6) is 0 Å². The van der Waals surface area contributed by atoms with Crippen LogP contribution in [-0.2, 0) is 11.3 Å². The normalized spacial score (nSPS) is 10.7. The Labute approximate surface area is 164 Å². The number of nitrogens with zero attached hydrogens (tertiary/aromatic N) is 2. The first-order valence-corrected chi connectivity index (χ1v) is 9.52. The van der Waals surface area contributed by atoms with Crippen molar-refractivity contribution < 1.29 is 9.59 Å². The highest BCUT2D eigenvalue weighted by Gasteiger charge is 2.13. The third kappa shape index (κ3) is 4.35. The lowest BCUT2D eigenvalue weighted by Gasteiger charge is -2.13. The Bertz CT molecular complexity index is 1060. The van der Waals surface area contributed by atoms with Gasteiger partial charge in [-0.1, -0.05) is 23.7 Å². The van der Waals surface area contributed by atoms with E-state index in [-0.39, 0.29) is 36.0 Å². The Kier molecular flexibility index (Phi) is 5.88. The summed E-state index contributed by atoms with van der Waals surface area (Å²) in [6, 6.07) is 10.3. The molecule has 0 saturated heterocycles. The van der Waals surface area contributed by atoms with Crippen molar-refractivity contribution in [1.82, 2.24) is 15.0 Å². The highest BCUT2D eigenvalue weighted by atomic mass is 35.5. The maximum absolute atomic E-state index is 12.5. The molecule has 0 unspecified atom stereocenters. The van der Waals surface area contributed by atoms with E-state index in [9.17, 15) is 14.4 Å². The molecule has 3 rings (SSSR count). The third-order valence-corrected chi connectivity index (χ3v) is 5.19. The molecule has 0 radical (unpaired) electrons. The Morgan fingerprint density at radius 2 is 1.96 bits per heavy atom. The van der Waals surface area contributed by atoms with E-state index in [4.69, 9.17) is 11.6 Å². The fourth-order valence-electron chi connectivity index (χ4n) is 2.56. The van der Waals surface area contributed by atoms with Crippen molar-refractivity contribution in [2.45, 2.75) is 26.3 Å². The quantitative estimate of drug-likeness (QED) is 0.465. The molecule has 7 nitrogen and oxygen atoms in total. The Balaban J connectivity index is 1.65. The number of carbonyl (C=O) groups is 2. The summed E-state index contributed by atoms with van der Waals surface area (Å²) in [5.74, 6) is -0.279. The summed E-state index contributed by atoms with van der Waals surface area (Å²) in [6.07, 6.45) is 0.0708. The Hall–Kier alpha value is -2.71. The lowest BCUT2D eigenvalue weighted by Crippen LogP contribution is -2.34. The molecule has 2 heterocycles. The molecule has 0 atom stereocenters. The van der Waals surface area contributed by atoms with Crippen LogP contribution in [0.4, 0.5) is 5.95 Å². The highest BCUT2D eigenvalue weighted by molar-refractivity contribution is 7.18. The number of anilines is 1. The van der Waals surface area contributed by atoms with Gasteiger partial charge in [0, 0.05) is 19.4 Å². The first kappa shape index (κ1) is 19.1. The van der Waals surface area contributed by atoms with Crippen molar-refractivity contribution in [2.75, 3.05) is 5.43 Å². The van der Waals surface area contributed by atoms with Crippen LogP contribution in [0.25, 0.3) is 10.9 Å². The van der Waals surface area contributed by atoms with Crippen LogP contribution in [0.15, 0.2) is 41.2 Å². The van der Waals surface area contributed by atoms with Crippen molar-refractivity contribution >= 4 is 51.5 Å². The summed E-state index contributed by atoms with van der Waals surface area (Å²) < 4.78 is 1.96. The zero-order valence-corrected chi connectivity index (χ0v) is 16.1. The fourth-order valence-corrected chi connectivity index (χ4v) is 3.57. The number of benzene rings is 1. The number of amides is 1. The summed E-state index contributed by atoms with van der Waals surface area (Å²) in [5, 5.41) is 0.511. The lowest BCUT2D eigenvalue weighted by atomic mass is 10.2. The van der Waals surface area contributed by atoms with Crippen LogP contribution >= 0.6 is 22.9 Å². The number of rotatable bonds is 7. The zero-order valence-electron chi connectivity index (χ0n) is 14.5. The number of hydrogen-bond acceptors (Lipinski definition) is 6. The molecule has 0 fully saturated rings. The lowest BCUT2D eigenvalue weighted by molar-refractivity contribution is -0.120. The van der Waals surface area contributed by atoms with Crippen LogP contribution < -0.4 is 16.4 Å². The number of ketones is 1. The summed E-state index contributed by atoms with van der Waals surface area (Å²) in [6.45, 7) is 2.21. The smallest absolute Gasteiger partial charge is 0.262 e. The average Bonchev–Trinajstić information content (AvgIpc) is 3.11. The molecule has 0 aliphatic rings. The molecule has 140 valence electrons. The predicted molar refractivity (Wildman–Crippen MR) is 106 cm³/mol. The second-order valence-electron chi connectivity index (χ2n) is 5.70. The number of aromatic nitrogens is 2. The molecule has 0 aliphatic heterocycles. The van der Waals surface area contributed by atoms with E-state index < -0.39 is 0 Å². The van der Waals surface area contributed by atoms with Crippen LogP contribution in [0.2, 0.25) is 4.34 Å². The SMILES string of the molecule is CCn1c(NNC(=O)CCC(=O)c2ccc(Cl)s2)nc2ccccc2c1=O. The van der Waals surface area contributed by atoms with Gasteiger partial charge in [-0.25, -0.2) is 4.98 Å². The molecule has 27 heavy (non-hydrogen) atoms. The number of carbonyl (C=O) groups excluding carboxylic acids is 2. The van der Waals surface area contributed by atoms with Crippen LogP contribution in [0.1, 0.15) is 29.4 Å². The van der Waals surface area contributed by atoms with Crippen molar-refractivity contribution in [1.29, 1.82) is 0 Å². The van der Waals surface area contributed by atoms with E-state index >= 15 is 0 Å². The molecule has 0 bridgehead atoms. The molecule has 1 amide bonds. The number of para-hydroxylation sites is 1. The third-order valence-electron chi connectivity index (χ3n) is 3.92. The van der Waals surface area contributed by atoms with Gasteiger partial charge in [-0.05, 0) is 31.2 Å². The minimum absolute atomic E-state index is 0.00525. The molecule has 2 aromatic heterocycles. The van der Waals surface area contributed by atoms with E-state index in [0.717, 1.165) is 0 Å². The summed E-state index contributed by atoms with van der Waals surface area (Å²) in [5.41, 5.74) is 5.52. The molecule has 1 aromatic carbocycles. The monoisotopic (exact) mass is 404 g/mol. The maximum Gasteiger partial charge on any atom is 0.262 e. The first-order chi connectivity index (χ1) is 13.0. The minimum atomic E-state index is -0.379. The zero-order chi connectivity index (χ0) is 19.4. The van der Waals surface area contributed by atoms with Crippen molar-refractivity contribution in [3.8, 4) is 0 Å². The largest absolute Gasteiger partial charge is 0.293 e. The van der Waals surface area contributed by atoms with Crippen molar-refractivity contribution in [3.63, 3.8) is 0 Å². The summed E-state index contributed by atoms with van der Waals surface area (Å²) in [4.78, 5) is 41.5. The molecule has 0 aliphatic carbocycles. The number of nitrogens with one attached hydrogen (secondary N) is 2. The van der Waals surface area contributed by atoms with Gasteiger partial charge in [0.1, 0.15) is 0 Å². The Morgan fingerprint density at radius 3 is 2.67 bits per heavy atom. The summed E-state index contributed by atoms with van der Waals surface area (Å²) >= 11 is 7.00. The molecule has 9 heteroatoms. The highest BCUT2D eigenvalue weighted by Crippen LogP contribution is 2.22. The molecule has 0 saturated carbocycles. The van der Waals surface area contributed by atoms with E-state index in [1.807, 2.05) is 6.92 Å². The topological polar surface area (TPSA) is 93.1 Å². The van der Waals surface area contributed by atoms with E-state index in [1.165, 1.54) is 15.9 Å². The second kappa shape index (κ2) is 8.32. The number of hydrazine groups is 1. The van der Waals surface area contributed by atoms with Crippen molar-refractivity contribution in [3.05, 3.63) is 56.0 Å².